The van der Waals surface area contributed by atoms with E-state index < -0.39 is 11.6 Å². The summed E-state index contributed by atoms with van der Waals surface area (Å²) in [6.45, 7) is 0.573. The number of nitrogens with zero attached hydrogens (tertiary/aromatic N) is 7. The Hall–Kier alpha value is -3.40. The maximum absolute atomic E-state index is 15.1. The van der Waals surface area contributed by atoms with Crippen LogP contribution >= 0.6 is 0 Å². The molecule has 2 aliphatic carbocycles. The summed E-state index contributed by atoms with van der Waals surface area (Å²) in [5, 5.41) is 4.53. The molecule has 0 bridgehead atoms. The summed E-state index contributed by atoms with van der Waals surface area (Å²) in [7, 11) is 3.93. The summed E-state index contributed by atoms with van der Waals surface area (Å²) in [6.07, 6.45) is 9.94. The molecule has 0 amide bonds. The second-order valence-electron chi connectivity index (χ2n) is 10.6. The van der Waals surface area contributed by atoms with E-state index in [1.54, 1.807) is 0 Å². The summed E-state index contributed by atoms with van der Waals surface area (Å²) < 4.78 is 38.9. The van der Waals surface area contributed by atoms with Gasteiger partial charge in [-0.2, -0.15) is 10.1 Å². The summed E-state index contributed by atoms with van der Waals surface area (Å²) in [5.41, 5.74) is 2.92. The molecule has 7 rings (SSSR count). The molecule has 4 aromatic rings. The maximum atomic E-state index is 15.1. The van der Waals surface area contributed by atoms with Gasteiger partial charge in [0.2, 0.25) is 5.95 Å². The van der Waals surface area contributed by atoms with Gasteiger partial charge in [0, 0.05) is 56.1 Å². The van der Waals surface area contributed by atoms with E-state index in [-0.39, 0.29) is 17.6 Å². The van der Waals surface area contributed by atoms with E-state index in [2.05, 4.69) is 16.2 Å². The minimum absolute atomic E-state index is 0.0151. The molecule has 37 heavy (non-hydrogen) atoms. The van der Waals surface area contributed by atoms with Crippen molar-refractivity contribution in [3.05, 3.63) is 53.6 Å². The second-order valence-corrected chi connectivity index (χ2v) is 10.6. The third kappa shape index (κ3) is 4.07. The fourth-order valence-corrected chi connectivity index (χ4v) is 5.43. The number of anilines is 1. The van der Waals surface area contributed by atoms with Crippen molar-refractivity contribution >= 4 is 17.1 Å². The topological polar surface area (TPSA) is 73.9 Å². The number of ether oxygens (including phenoxy) is 1. The molecule has 1 aliphatic heterocycles. The third-order valence-electron chi connectivity index (χ3n) is 7.88. The number of aryl methyl sites for hydroxylation is 1. The van der Waals surface area contributed by atoms with E-state index in [1.807, 2.05) is 29.5 Å². The highest BCUT2D eigenvalue weighted by atomic mass is 19.1. The lowest BCUT2D eigenvalue weighted by Gasteiger charge is -2.28. The molecule has 1 aromatic carbocycles. The molecule has 1 saturated heterocycles. The average molecular weight is 506 g/mol. The molecule has 2 atom stereocenters. The first kappa shape index (κ1) is 22.8. The molecular formula is C27H29F2N7O. The minimum atomic E-state index is -0.651. The van der Waals surface area contributed by atoms with Gasteiger partial charge in [-0.25, -0.2) is 18.7 Å². The Kier molecular flexibility index (Phi) is 5.28. The first-order chi connectivity index (χ1) is 18.0. The van der Waals surface area contributed by atoms with E-state index in [0.29, 0.717) is 47.8 Å². The van der Waals surface area contributed by atoms with Crippen molar-refractivity contribution in [2.75, 3.05) is 18.6 Å². The summed E-state index contributed by atoms with van der Waals surface area (Å²) in [5.74, 6) is 0.130. The molecule has 0 spiro atoms. The molecule has 8 nitrogen and oxygen atoms in total. The van der Waals surface area contributed by atoms with E-state index in [1.165, 1.54) is 25.0 Å². The van der Waals surface area contributed by atoms with Gasteiger partial charge in [-0.3, -0.25) is 4.68 Å². The van der Waals surface area contributed by atoms with Crippen LogP contribution in [0.1, 0.15) is 68.0 Å². The molecule has 10 heteroatoms. The van der Waals surface area contributed by atoms with Gasteiger partial charge in [-0.15, -0.1) is 0 Å². The Morgan fingerprint density at radius 1 is 1.05 bits per heavy atom. The fraction of sp³-hybridized carbons (Fsp3) is 0.481. The predicted octanol–water partition coefficient (Wildman–Crippen LogP) is 5.07. The first-order valence-electron chi connectivity index (χ1n) is 13.0. The summed E-state index contributed by atoms with van der Waals surface area (Å²) in [4.78, 5) is 16.8. The lowest BCUT2D eigenvalue weighted by Crippen LogP contribution is -2.22. The minimum Gasteiger partial charge on any atom is -0.373 e. The largest absolute Gasteiger partial charge is 0.373 e. The number of hydrogen-bond donors (Lipinski definition) is 0. The molecule has 0 unspecified atom stereocenters. The van der Waals surface area contributed by atoms with Crippen molar-refractivity contribution < 1.29 is 13.5 Å². The van der Waals surface area contributed by atoms with Crippen LogP contribution in [0.4, 0.5) is 14.7 Å². The third-order valence-corrected chi connectivity index (χ3v) is 7.88. The molecular weight excluding hydrogens is 476 g/mol. The van der Waals surface area contributed by atoms with Gasteiger partial charge in [0.25, 0.3) is 0 Å². The van der Waals surface area contributed by atoms with Gasteiger partial charge < -0.3 is 14.2 Å². The number of benzene rings is 1. The van der Waals surface area contributed by atoms with Gasteiger partial charge in [-0.05, 0) is 50.7 Å². The molecule has 0 radical (unpaired) electrons. The van der Waals surface area contributed by atoms with Gasteiger partial charge in [-0.1, -0.05) is 0 Å². The monoisotopic (exact) mass is 505 g/mol. The zero-order valence-electron chi connectivity index (χ0n) is 20.9. The lowest BCUT2D eigenvalue weighted by molar-refractivity contribution is 0.00396. The Bertz CT molecular complexity index is 1490. The zero-order chi connectivity index (χ0) is 25.3. The zero-order valence-corrected chi connectivity index (χ0v) is 20.9. The van der Waals surface area contributed by atoms with E-state index >= 15 is 4.39 Å². The summed E-state index contributed by atoms with van der Waals surface area (Å²) in [6, 6.07) is 4.58. The van der Waals surface area contributed by atoms with Crippen LogP contribution in [0.2, 0.25) is 0 Å². The van der Waals surface area contributed by atoms with Crippen LogP contribution in [0, 0.1) is 11.6 Å². The van der Waals surface area contributed by atoms with Gasteiger partial charge in [0.15, 0.2) is 5.65 Å². The molecule has 3 aromatic heterocycles. The smallest absolute Gasteiger partial charge is 0.207 e. The first-order valence-corrected chi connectivity index (χ1v) is 13.0. The van der Waals surface area contributed by atoms with Crippen molar-refractivity contribution in [3.8, 4) is 11.3 Å². The average Bonchev–Trinajstić information content (AvgIpc) is 3.84. The lowest BCUT2D eigenvalue weighted by atomic mass is 9.92. The Morgan fingerprint density at radius 2 is 1.89 bits per heavy atom. The number of halogens is 2. The maximum Gasteiger partial charge on any atom is 0.207 e. The van der Waals surface area contributed by atoms with Crippen molar-refractivity contribution in [1.82, 2.24) is 29.3 Å². The Morgan fingerprint density at radius 3 is 2.65 bits per heavy atom. The molecule has 3 fully saturated rings. The van der Waals surface area contributed by atoms with Crippen LogP contribution in [0.3, 0.4) is 0 Å². The van der Waals surface area contributed by atoms with Crippen LogP contribution < -0.4 is 4.90 Å². The quantitative estimate of drug-likeness (QED) is 0.364. The van der Waals surface area contributed by atoms with Crippen molar-refractivity contribution in [2.45, 2.75) is 62.6 Å². The SMILES string of the molecule is CN(c1nc2nc([C@@H]3CCO[C@@H](c4cnn(C5CC5)c4)C3)nc(-c3ccc(F)cc3F)c2n1C)C1CC1. The van der Waals surface area contributed by atoms with Crippen LogP contribution in [-0.2, 0) is 11.8 Å². The number of hydrogen-bond acceptors (Lipinski definition) is 6. The fourth-order valence-electron chi connectivity index (χ4n) is 5.43. The number of aromatic nitrogens is 6. The standard InChI is InChI=1S/C27H29F2N7O/c1-34(18-4-5-18)27-33-26-24(35(27)2)23(20-8-3-17(28)12-21(20)29)31-25(32-26)15-9-10-37-22(11-15)16-13-30-36(14-16)19-6-7-19/h3,8,12-15,18-19,22H,4-7,9-11H2,1-2H3/t15-,22-/m1/s1. The molecule has 192 valence electrons. The highest BCUT2D eigenvalue weighted by molar-refractivity contribution is 5.89. The van der Waals surface area contributed by atoms with Crippen molar-refractivity contribution in [2.24, 2.45) is 7.05 Å². The Balaban J connectivity index is 1.30. The van der Waals surface area contributed by atoms with Crippen LogP contribution in [-0.4, -0.2) is 49.0 Å². The van der Waals surface area contributed by atoms with Gasteiger partial charge >= 0.3 is 0 Å². The van der Waals surface area contributed by atoms with Crippen molar-refractivity contribution in [3.63, 3.8) is 0 Å². The van der Waals surface area contributed by atoms with Crippen molar-refractivity contribution in [1.29, 1.82) is 0 Å². The summed E-state index contributed by atoms with van der Waals surface area (Å²) >= 11 is 0. The van der Waals surface area contributed by atoms with Gasteiger partial charge in [0.1, 0.15) is 28.7 Å². The molecule has 3 aliphatic rings. The highest BCUT2D eigenvalue weighted by Crippen LogP contribution is 2.41. The second kappa shape index (κ2) is 8.58. The van der Waals surface area contributed by atoms with Gasteiger partial charge in [0.05, 0.1) is 18.3 Å². The number of rotatable bonds is 6. The molecule has 0 N–H and O–H groups in total. The normalized spacial score (nSPS) is 22.1. The number of imidazole rings is 1. The van der Waals surface area contributed by atoms with E-state index in [0.717, 1.165) is 36.8 Å². The molecule has 4 heterocycles. The Labute approximate surface area is 213 Å². The van der Waals surface area contributed by atoms with E-state index in [9.17, 15) is 4.39 Å². The number of fused-ring (bicyclic) bond motifs is 1. The van der Waals surface area contributed by atoms with Crippen LogP contribution in [0.15, 0.2) is 30.6 Å². The van der Waals surface area contributed by atoms with Crippen LogP contribution in [0.5, 0.6) is 0 Å². The highest BCUT2D eigenvalue weighted by Gasteiger charge is 2.33. The molecule has 2 saturated carbocycles. The van der Waals surface area contributed by atoms with Crippen LogP contribution in [0.25, 0.3) is 22.4 Å². The predicted molar refractivity (Wildman–Crippen MR) is 134 cm³/mol. The van der Waals surface area contributed by atoms with E-state index in [4.69, 9.17) is 19.7 Å².